The number of carboxylic acid groups (broad SMARTS) is 1. The molecule has 3 aromatic rings. The Kier molecular flexibility index (Phi) is 24.0. The topological polar surface area (TPSA) is 280 Å². The number of amides is 8. The quantitative estimate of drug-likeness (QED) is 0.0277. The molecule has 22 heteroatoms. The number of piperidine rings is 1. The lowest BCUT2D eigenvalue weighted by molar-refractivity contribution is -0.942. The normalized spacial score (nSPS) is 19.0. The van der Waals surface area contributed by atoms with Crippen LogP contribution in [0.25, 0.3) is 0 Å². The van der Waals surface area contributed by atoms with Crippen LogP contribution in [0.3, 0.4) is 0 Å². The monoisotopic (exact) mass is 1150 g/mol. The third-order valence-electron chi connectivity index (χ3n) is 15.6. The van der Waals surface area contributed by atoms with Crippen LogP contribution in [0.1, 0.15) is 140 Å². The molecule has 21 nitrogen and oxygen atoms in total. The van der Waals surface area contributed by atoms with E-state index in [1.165, 1.54) is 13.8 Å². The molecule has 3 heterocycles. The van der Waals surface area contributed by atoms with Crippen molar-refractivity contribution in [3.8, 4) is 0 Å². The Morgan fingerprint density at radius 1 is 0.817 bits per heavy atom. The molecule has 0 radical (unpaired) electrons. The van der Waals surface area contributed by atoms with E-state index >= 15 is 0 Å². The molecule has 2 aliphatic heterocycles. The summed E-state index contributed by atoms with van der Waals surface area (Å²) in [5, 5.41) is 25.9. The van der Waals surface area contributed by atoms with Crippen molar-refractivity contribution in [3.05, 3.63) is 94.0 Å². The predicted molar refractivity (Wildman–Crippen MR) is 309 cm³/mol. The molecule has 446 valence electrons. The predicted octanol–water partition coefficient (Wildman–Crippen LogP) is 5.70. The minimum absolute atomic E-state index is 0.0838. The summed E-state index contributed by atoms with van der Waals surface area (Å²) in [6, 6.07) is 12.3. The van der Waals surface area contributed by atoms with Crippen molar-refractivity contribution >= 4 is 76.2 Å². The van der Waals surface area contributed by atoms with Gasteiger partial charge in [-0.05, 0) is 68.1 Å². The number of likely N-dealkylation sites (tertiary alicyclic amines) is 1. The van der Waals surface area contributed by atoms with E-state index in [9.17, 15) is 53.1 Å². The number of carboxylic acids is 1. The van der Waals surface area contributed by atoms with Gasteiger partial charge in [-0.15, -0.1) is 11.3 Å². The van der Waals surface area contributed by atoms with Gasteiger partial charge in [0, 0.05) is 80.6 Å². The first-order valence-corrected chi connectivity index (χ1v) is 29.2. The summed E-state index contributed by atoms with van der Waals surface area (Å²) in [6.07, 6.45) is 4.77. The Hall–Kier alpha value is -7.33. The zero-order chi connectivity index (χ0) is 60.6. The molecular formula is C60H84N9O12S+. The Bertz CT molecular complexity index is 2770. The van der Waals surface area contributed by atoms with E-state index in [0.29, 0.717) is 47.5 Å². The number of ether oxygens (including phenoxy) is 1. The van der Waals surface area contributed by atoms with Crippen LogP contribution in [0.4, 0.5) is 5.69 Å². The van der Waals surface area contributed by atoms with E-state index in [1.54, 1.807) is 50.2 Å². The van der Waals surface area contributed by atoms with Gasteiger partial charge in [0.15, 0.2) is 12.1 Å². The number of nitrogens with one attached hydrogen (secondary N) is 5. The number of hydrogen-bond acceptors (Lipinski definition) is 13. The third kappa shape index (κ3) is 18.3. The number of anilines is 1. The Labute approximate surface area is 485 Å². The highest BCUT2D eigenvalue weighted by Crippen LogP contribution is 2.32. The molecule has 2 aromatic carbocycles. The van der Waals surface area contributed by atoms with Gasteiger partial charge in [-0.3, -0.25) is 52.8 Å². The fraction of sp³-hybridized carbons (Fsp3) is 0.550. The second-order valence-electron chi connectivity index (χ2n) is 22.9. The zero-order valence-corrected chi connectivity index (χ0v) is 50.0. The van der Waals surface area contributed by atoms with E-state index in [-0.39, 0.29) is 61.1 Å². The van der Waals surface area contributed by atoms with E-state index in [4.69, 9.17) is 4.74 Å². The maximum absolute atomic E-state index is 14.8. The smallest absolute Gasteiger partial charge is 0.306 e. The highest BCUT2D eigenvalue weighted by atomic mass is 32.1. The summed E-state index contributed by atoms with van der Waals surface area (Å²) in [6.45, 7) is 16.7. The minimum Gasteiger partial charge on any atom is -0.481 e. The number of benzene rings is 2. The van der Waals surface area contributed by atoms with Crippen molar-refractivity contribution in [2.75, 3.05) is 32.5 Å². The van der Waals surface area contributed by atoms with Gasteiger partial charge in [0.25, 0.3) is 23.6 Å². The van der Waals surface area contributed by atoms with Crippen LogP contribution in [-0.4, -0.2) is 147 Å². The van der Waals surface area contributed by atoms with Gasteiger partial charge < -0.3 is 45.8 Å². The molecule has 6 N–H and O–H groups in total. The van der Waals surface area contributed by atoms with Crippen molar-refractivity contribution < 1.29 is 62.3 Å². The maximum atomic E-state index is 14.8. The average Bonchev–Trinajstić information content (AvgIpc) is 3.85. The van der Waals surface area contributed by atoms with Crippen LogP contribution in [-0.2, 0) is 60.9 Å². The summed E-state index contributed by atoms with van der Waals surface area (Å²) < 4.78 is 6.23. The lowest BCUT2D eigenvalue weighted by atomic mass is 9.92. The lowest BCUT2D eigenvalue weighted by Gasteiger charge is -2.44. The number of esters is 1. The number of carbonyl (C=O) groups excluding carboxylic acids is 9. The summed E-state index contributed by atoms with van der Waals surface area (Å²) in [4.78, 5) is 138. The number of aliphatic carboxylic acids is 1. The first kappa shape index (κ1) is 65.5. The number of rotatable bonds is 29. The van der Waals surface area contributed by atoms with Crippen molar-refractivity contribution in [2.24, 2.45) is 23.7 Å². The van der Waals surface area contributed by atoms with Gasteiger partial charge >= 0.3 is 11.9 Å². The van der Waals surface area contributed by atoms with Crippen molar-refractivity contribution in [3.63, 3.8) is 0 Å². The van der Waals surface area contributed by atoms with E-state index < -0.39 is 95.7 Å². The van der Waals surface area contributed by atoms with Crippen LogP contribution in [0.15, 0.2) is 72.1 Å². The van der Waals surface area contributed by atoms with Crippen molar-refractivity contribution in [1.29, 1.82) is 0 Å². The summed E-state index contributed by atoms with van der Waals surface area (Å²) >= 11 is 1.14. The zero-order valence-electron chi connectivity index (χ0n) is 49.2. The number of likely N-dealkylation sites (N-methyl/N-ethyl adjacent to an activating group) is 2. The van der Waals surface area contributed by atoms with Crippen LogP contribution in [0.5, 0.6) is 0 Å². The Morgan fingerprint density at radius 3 is 2.07 bits per heavy atom. The van der Waals surface area contributed by atoms with E-state index in [0.717, 1.165) is 52.4 Å². The SMILES string of the molecule is CC[C@H](C)[C@H](NC(=O)[C@H]1CCCC[N+]1(C)Cc1ccc(NC(=O)[C@H](C)NC(=O)[C@@H](NC(=O)CCN2C(=O)C=CC2=O)C(C)C)cc1)C(=O)N(C)[C@H](C[C@@H](OC(C)=O)c1nc(C(=O)N[C@@H](Cc2ccccc2)C[C@H](C)C(=O)O)cs1)C(C)C. The van der Waals surface area contributed by atoms with Crippen LogP contribution < -0.4 is 26.6 Å². The summed E-state index contributed by atoms with van der Waals surface area (Å²) in [7, 11) is 3.73. The molecule has 0 aliphatic carbocycles. The number of thiazole rings is 1. The van der Waals surface area contributed by atoms with Gasteiger partial charge in [-0.25, -0.2) is 4.98 Å². The molecule has 10 atom stereocenters. The fourth-order valence-corrected chi connectivity index (χ4v) is 11.3. The highest BCUT2D eigenvalue weighted by Gasteiger charge is 2.44. The van der Waals surface area contributed by atoms with Crippen LogP contribution in [0, 0.1) is 23.7 Å². The largest absolute Gasteiger partial charge is 0.481 e. The first-order valence-electron chi connectivity index (χ1n) is 28.4. The van der Waals surface area contributed by atoms with Gasteiger partial charge in [0.2, 0.25) is 23.6 Å². The molecule has 1 aromatic heterocycles. The second kappa shape index (κ2) is 30.1. The standard InChI is InChI=1S/C60H83N9O12S/c1-12-37(6)53(59(78)67(10)46(35(2)3)32-48(81-40(9)70)58-64-45(34-82-58)55(75)63-44(30-38(7)60(79)80)31-41-18-14-13-15-19-41)66-56(76)47-20-16-17-29-69(47,11)33-42-21-23-43(24-22-42)62-54(74)39(8)61-57(77)52(36(4)5)65-49(71)27-28-68-50(72)25-26-51(68)73/h13-15,18-19,21-26,34-39,44,46-48,52-53H,12,16-17,20,27-33H2,1-11H3,(H5-,61,62,63,65,66,71,74,75,76,77,79,80)/p+1/t37-,38-,39-,44+,46+,47+,48+,52-,53-,69?/m0/s1. The first-order chi connectivity index (χ1) is 38.7. The Balaban J connectivity index is 1.22. The fourth-order valence-electron chi connectivity index (χ4n) is 10.5. The van der Waals surface area contributed by atoms with E-state index in [1.807, 2.05) is 77.2 Å². The number of nitrogens with zero attached hydrogens (tertiary/aromatic N) is 4. The molecule has 5 rings (SSSR count). The van der Waals surface area contributed by atoms with E-state index in [2.05, 4.69) is 31.6 Å². The van der Waals surface area contributed by atoms with Crippen molar-refractivity contribution in [2.45, 2.75) is 163 Å². The summed E-state index contributed by atoms with van der Waals surface area (Å²) in [5.74, 6) is -6.69. The Morgan fingerprint density at radius 2 is 1.48 bits per heavy atom. The molecule has 82 heavy (non-hydrogen) atoms. The molecule has 1 saturated heterocycles. The molecule has 1 unspecified atom stereocenters. The van der Waals surface area contributed by atoms with Crippen LogP contribution in [0.2, 0.25) is 0 Å². The molecule has 1 fully saturated rings. The molecule has 8 amide bonds. The van der Waals surface area contributed by atoms with Gasteiger partial charge in [-0.1, -0.05) is 97.4 Å². The molecule has 0 bridgehead atoms. The average molecular weight is 1160 g/mol. The number of quaternary nitrogens is 1. The molecule has 0 spiro atoms. The van der Waals surface area contributed by atoms with Crippen LogP contribution >= 0.6 is 11.3 Å². The molecule has 2 aliphatic rings. The molecular weight excluding hydrogens is 1070 g/mol. The minimum atomic E-state index is -0.987. The number of aromatic nitrogens is 1. The van der Waals surface area contributed by atoms with Crippen molar-refractivity contribution in [1.82, 2.24) is 36.1 Å². The number of imide groups is 1. The second-order valence-corrected chi connectivity index (χ2v) is 23.8. The summed E-state index contributed by atoms with van der Waals surface area (Å²) in [5.41, 5.74) is 2.40. The van der Waals surface area contributed by atoms with Gasteiger partial charge in [0.1, 0.15) is 35.4 Å². The number of hydrogen-bond donors (Lipinski definition) is 6. The molecule has 0 saturated carbocycles. The van der Waals surface area contributed by atoms with Gasteiger partial charge in [-0.2, -0.15) is 0 Å². The lowest BCUT2D eigenvalue weighted by Crippen LogP contribution is -2.63. The maximum Gasteiger partial charge on any atom is 0.306 e. The number of carbonyl (C=O) groups is 10. The van der Waals surface area contributed by atoms with Gasteiger partial charge in [0.05, 0.1) is 19.5 Å². The highest BCUT2D eigenvalue weighted by molar-refractivity contribution is 7.09. The third-order valence-corrected chi connectivity index (χ3v) is 16.5.